The largest absolute Gasteiger partial charge is 0.395 e. The summed E-state index contributed by atoms with van der Waals surface area (Å²) in [7, 11) is 0. The van der Waals surface area contributed by atoms with Gasteiger partial charge in [-0.1, -0.05) is 18.2 Å². The molecular formula is C14H17N3O3S. The van der Waals surface area contributed by atoms with Gasteiger partial charge < -0.3 is 10.4 Å². The van der Waals surface area contributed by atoms with Gasteiger partial charge in [0.1, 0.15) is 11.9 Å². The number of anilines is 1. The molecule has 2 N–H and O–H groups in total. The Bertz CT molecular complexity index is 646. The van der Waals surface area contributed by atoms with Crippen molar-refractivity contribution >= 4 is 34.0 Å². The molecule has 1 aromatic heterocycles. The first-order valence-corrected chi connectivity index (χ1v) is 7.79. The summed E-state index contributed by atoms with van der Waals surface area (Å²) in [5, 5.41) is 24.4. The van der Waals surface area contributed by atoms with E-state index in [-0.39, 0.29) is 23.6 Å². The van der Waals surface area contributed by atoms with Crippen molar-refractivity contribution in [3.63, 3.8) is 0 Å². The Kier molecular flexibility index (Phi) is 4.98. The van der Waals surface area contributed by atoms with Gasteiger partial charge in [0.05, 0.1) is 17.0 Å². The Morgan fingerprint density at radius 2 is 2.19 bits per heavy atom. The van der Waals surface area contributed by atoms with Crippen molar-refractivity contribution in [1.29, 1.82) is 0 Å². The zero-order chi connectivity index (χ0) is 15.4. The van der Waals surface area contributed by atoms with Crippen molar-refractivity contribution in [1.82, 2.24) is 4.98 Å². The number of aromatic nitrogens is 1. The van der Waals surface area contributed by atoms with Crippen molar-refractivity contribution in [2.75, 3.05) is 18.2 Å². The lowest BCUT2D eigenvalue weighted by Gasteiger charge is -2.23. The number of nitrogens with one attached hydrogen (secondary N) is 1. The van der Waals surface area contributed by atoms with E-state index in [0.717, 1.165) is 0 Å². The number of nitrogens with zero attached hydrogens (tertiary/aromatic N) is 2. The highest BCUT2D eigenvalue weighted by Gasteiger charge is 2.22. The van der Waals surface area contributed by atoms with E-state index in [1.807, 2.05) is 31.4 Å². The van der Waals surface area contributed by atoms with Crippen LogP contribution >= 0.6 is 11.8 Å². The molecule has 21 heavy (non-hydrogen) atoms. The van der Waals surface area contributed by atoms with Gasteiger partial charge in [0.25, 0.3) is 0 Å². The number of aliphatic hydroxyl groups is 1. The molecule has 0 saturated heterocycles. The quantitative estimate of drug-likeness (QED) is 0.630. The summed E-state index contributed by atoms with van der Waals surface area (Å²) < 4.78 is 0. The summed E-state index contributed by atoms with van der Waals surface area (Å²) in [6.45, 7) is 1.91. The van der Waals surface area contributed by atoms with Gasteiger partial charge in [-0.3, -0.25) is 10.1 Å². The number of fused-ring (bicyclic) bond motifs is 1. The second-order valence-electron chi connectivity index (χ2n) is 4.68. The fourth-order valence-corrected chi connectivity index (χ4v) is 2.80. The average Bonchev–Trinajstić information content (AvgIpc) is 2.48. The number of thioether (sulfide) groups is 1. The summed E-state index contributed by atoms with van der Waals surface area (Å²) in [5.74, 6) is 0. The van der Waals surface area contributed by atoms with Crippen molar-refractivity contribution in [3.8, 4) is 0 Å². The normalized spacial score (nSPS) is 13.9. The number of aliphatic hydroxyl groups excluding tert-OH is 1. The number of benzene rings is 1. The van der Waals surface area contributed by atoms with Gasteiger partial charge in [0.15, 0.2) is 0 Å². The zero-order valence-corrected chi connectivity index (χ0v) is 12.6. The third-order valence-electron chi connectivity index (χ3n) is 3.36. The molecule has 2 rings (SSSR count). The molecule has 1 heterocycles. The van der Waals surface area contributed by atoms with Crippen LogP contribution in [0, 0.1) is 10.1 Å². The number of nitro groups is 1. The molecule has 2 aromatic rings. The lowest BCUT2D eigenvalue weighted by molar-refractivity contribution is -0.384. The van der Waals surface area contributed by atoms with Crippen LogP contribution in [-0.4, -0.2) is 39.2 Å². The lowest BCUT2D eigenvalue weighted by atomic mass is 10.1. The SMILES string of the molecule is CSC(CO)C(C)Nc1c([N+](=O)[O-])cnc2ccccc12. The van der Waals surface area contributed by atoms with E-state index in [1.165, 1.54) is 18.0 Å². The molecule has 0 aliphatic rings. The van der Waals surface area contributed by atoms with Crippen molar-refractivity contribution < 1.29 is 10.0 Å². The predicted octanol–water partition coefficient (Wildman–Crippen LogP) is 2.67. The second kappa shape index (κ2) is 6.73. The lowest BCUT2D eigenvalue weighted by Crippen LogP contribution is -2.31. The van der Waals surface area contributed by atoms with Crippen LogP contribution in [0.5, 0.6) is 0 Å². The highest BCUT2D eigenvalue weighted by molar-refractivity contribution is 7.99. The van der Waals surface area contributed by atoms with E-state index in [4.69, 9.17) is 0 Å². The Hall–Kier alpha value is -1.86. The average molecular weight is 307 g/mol. The maximum atomic E-state index is 11.2. The van der Waals surface area contributed by atoms with Crippen molar-refractivity contribution in [2.45, 2.75) is 18.2 Å². The minimum absolute atomic E-state index is 0.00610. The molecule has 2 atom stereocenters. The van der Waals surface area contributed by atoms with Gasteiger partial charge in [-0.2, -0.15) is 11.8 Å². The first-order valence-electron chi connectivity index (χ1n) is 6.50. The van der Waals surface area contributed by atoms with Gasteiger partial charge in [0.2, 0.25) is 0 Å². The van der Waals surface area contributed by atoms with Gasteiger partial charge in [-0.05, 0) is 19.2 Å². The molecule has 0 saturated carbocycles. The fraction of sp³-hybridized carbons (Fsp3) is 0.357. The van der Waals surface area contributed by atoms with E-state index in [0.29, 0.717) is 16.6 Å². The van der Waals surface area contributed by atoms with Crippen LogP contribution in [0.1, 0.15) is 6.92 Å². The van der Waals surface area contributed by atoms with Crippen LogP contribution in [0.3, 0.4) is 0 Å². The van der Waals surface area contributed by atoms with Crippen LogP contribution in [-0.2, 0) is 0 Å². The van der Waals surface area contributed by atoms with Gasteiger partial charge in [-0.25, -0.2) is 4.98 Å². The minimum atomic E-state index is -0.443. The minimum Gasteiger partial charge on any atom is -0.395 e. The number of rotatable bonds is 6. The van der Waals surface area contributed by atoms with E-state index < -0.39 is 4.92 Å². The van der Waals surface area contributed by atoms with Gasteiger partial charge in [-0.15, -0.1) is 0 Å². The first-order chi connectivity index (χ1) is 10.1. The fourth-order valence-electron chi connectivity index (χ4n) is 2.18. The zero-order valence-electron chi connectivity index (χ0n) is 11.8. The molecule has 0 aliphatic carbocycles. The summed E-state index contributed by atoms with van der Waals surface area (Å²) in [4.78, 5) is 14.9. The number of hydrogen-bond acceptors (Lipinski definition) is 6. The molecule has 6 nitrogen and oxygen atoms in total. The van der Waals surface area contributed by atoms with Crippen LogP contribution in [0.15, 0.2) is 30.5 Å². The molecule has 0 spiro atoms. The van der Waals surface area contributed by atoms with Crippen LogP contribution in [0.25, 0.3) is 10.9 Å². The monoisotopic (exact) mass is 307 g/mol. The third kappa shape index (κ3) is 3.25. The van der Waals surface area contributed by atoms with Gasteiger partial charge >= 0.3 is 5.69 Å². The Morgan fingerprint density at radius 1 is 1.48 bits per heavy atom. The molecular weight excluding hydrogens is 290 g/mol. The van der Waals surface area contributed by atoms with Crippen LogP contribution in [0.2, 0.25) is 0 Å². The van der Waals surface area contributed by atoms with E-state index in [2.05, 4.69) is 10.3 Å². The first kappa shape index (κ1) is 15.5. The molecule has 2 unspecified atom stereocenters. The Balaban J connectivity index is 2.49. The third-order valence-corrected chi connectivity index (χ3v) is 4.53. The Morgan fingerprint density at radius 3 is 2.81 bits per heavy atom. The summed E-state index contributed by atoms with van der Waals surface area (Å²) in [5.41, 5.74) is 1.09. The maximum absolute atomic E-state index is 11.2. The highest BCUT2D eigenvalue weighted by Crippen LogP contribution is 2.32. The summed E-state index contributed by atoms with van der Waals surface area (Å²) in [6.07, 6.45) is 3.17. The topological polar surface area (TPSA) is 88.3 Å². The molecule has 0 radical (unpaired) electrons. The molecule has 1 aromatic carbocycles. The standard InChI is InChI=1S/C14H17N3O3S/c1-9(13(8-18)21-2)16-14-10-5-3-4-6-11(10)15-7-12(14)17(19)20/h3-7,9,13,18H,8H2,1-2H3,(H,15,16). The second-order valence-corrected chi connectivity index (χ2v) is 5.76. The van der Waals surface area contributed by atoms with Crippen LogP contribution in [0.4, 0.5) is 11.4 Å². The number of pyridine rings is 1. The number of hydrogen-bond donors (Lipinski definition) is 2. The number of para-hydroxylation sites is 1. The molecule has 7 heteroatoms. The van der Waals surface area contributed by atoms with Gasteiger partial charge in [0, 0.05) is 16.7 Å². The highest BCUT2D eigenvalue weighted by atomic mass is 32.2. The molecule has 0 aliphatic heterocycles. The smallest absolute Gasteiger partial charge is 0.311 e. The molecule has 0 fully saturated rings. The Labute approximate surface area is 126 Å². The predicted molar refractivity (Wildman–Crippen MR) is 85.9 cm³/mol. The van der Waals surface area contributed by atoms with Crippen molar-refractivity contribution in [2.24, 2.45) is 0 Å². The van der Waals surface area contributed by atoms with E-state index >= 15 is 0 Å². The molecule has 112 valence electrons. The van der Waals surface area contributed by atoms with Crippen molar-refractivity contribution in [3.05, 3.63) is 40.6 Å². The van der Waals surface area contributed by atoms with E-state index in [1.54, 1.807) is 6.07 Å². The summed E-state index contributed by atoms with van der Waals surface area (Å²) in [6, 6.07) is 7.16. The molecule has 0 amide bonds. The molecule has 0 bridgehead atoms. The van der Waals surface area contributed by atoms with Crippen LogP contribution < -0.4 is 5.32 Å². The summed E-state index contributed by atoms with van der Waals surface area (Å²) >= 11 is 1.52. The van der Waals surface area contributed by atoms with E-state index in [9.17, 15) is 15.2 Å². The maximum Gasteiger partial charge on any atom is 0.311 e.